The third-order valence-corrected chi connectivity index (χ3v) is 4.21. The topological polar surface area (TPSA) is 51.7 Å². The van der Waals surface area contributed by atoms with Crippen molar-refractivity contribution in [2.24, 2.45) is 0 Å². The van der Waals surface area contributed by atoms with Crippen molar-refractivity contribution in [1.29, 1.82) is 0 Å². The number of methoxy groups -OCH3 is 2. The number of esters is 1. The first-order chi connectivity index (χ1) is 8.58. The summed E-state index contributed by atoms with van der Waals surface area (Å²) in [5, 5.41) is 2.60. The zero-order valence-electron chi connectivity index (χ0n) is 10.9. The lowest BCUT2D eigenvalue weighted by Gasteiger charge is -2.39. The fraction of sp³-hybridized carbons (Fsp3) is 0.667. The number of anilines is 1. The number of hydrogen-bond donors (Lipinski definition) is 0. The number of ether oxygens (including phenoxy) is 2. The zero-order chi connectivity index (χ0) is 13.2. The van der Waals surface area contributed by atoms with Crippen LogP contribution in [0.2, 0.25) is 0 Å². The maximum atomic E-state index is 11.4. The van der Waals surface area contributed by atoms with Crippen LogP contribution in [0.4, 0.5) is 5.13 Å². The Bertz CT molecular complexity index is 435. The van der Waals surface area contributed by atoms with E-state index >= 15 is 0 Å². The minimum atomic E-state index is -0.385. The van der Waals surface area contributed by atoms with E-state index in [1.165, 1.54) is 18.4 Å². The number of nitrogens with zero attached hydrogens (tertiary/aromatic N) is 2. The summed E-state index contributed by atoms with van der Waals surface area (Å²) in [7, 11) is 3.11. The van der Waals surface area contributed by atoms with Crippen molar-refractivity contribution in [3.8, 4) is 0 Å². The van der Waals surface area contributed by atoms with Gasteiger partial charge < -0.3 is 14.4 Å². The molecule has 0 aromatic carbocycles. The molecule has 1 aliphatic heterocycles. The Balaban J connectivity index is 2.12. The molecule has 0 bridgehead atoms. The van der Waals surface area contributed by atoms with Crippen LogP contribution >= 0.6 is 11.3 Å². The van der Waals surface area contributed by atoms with E-state index < -0.39 is 0 Å². The van der Waals surface area contributed by atoms with Gasteiger partial charge in [0.05, 0.1) is 12.7 Å². The van der Waals surface area contributed by atoms with Gasteiger partial charge in [0, 0.05) is 25.6 Å². The Kier molecular flexibility index (Phi) is 3.87. The van der Waals surface area contributed by atoms with Gasteiger partial charge in [0.25, 0.3) is 0 Å². The van der Waals surface area contributed by atoms with Crippen LogP contribution in [-0.4, -0.2) is 43.9 Å². The second-order valence-corrected chi connectivity index (χ2v) is 5.52. The van der Waals surface area contributed by atoms with E-state index in [2.05, 4.69) is 21.5 Å². The van der Waals surface area contributed by atoms with Crippen molar-refractivity contribution >= 4 is 22.4 Å². The van der Waals surface area contributed by atoms with Crippen LogP contribution < -0.4 is 4.90 Å². The monoisotopic (exact) mass is 270 g/mol. The van der Waals surface area contributed by atoms with E-state index in [1.54, 1.807) is 12.5 Å². The van der Waals surface area contributed by atoms with Gasteiger partial charge in [-0.2, -0.15) is 0 Å². The van der Waals surface area contributed by atoms with E-state index in [-0.39, 0.29) is 11.6 Å². The van der Waals surface area contributed by atoms with Crippen LogP contribution in [-0.2, 0) is 9.47 Å². The fourth-order valence-electron chi connectivity index (χ4n) is 2.14. The molecule has 1 fully saturated rings. The number of hydrogen-bond acceptors (Lipinski definition) is 6. The Morgan fingerprint density at radius 1 is 1.56 bits per heavy atom. The molecule has 0 aliphatic carbocycles. The summed E-state index contributed by atoms with van der Waals surface area (Å²) in [5.74, 6) is -0.385. The van der Waals surface area contributed by atoms with Gasteiger partial charge in [-0.3, -0.25) is 0 Å². The Labute approximate surface area is 111 Å². The summed E-state index contributed by atoms with van der Waals surface area (Å²) in [6, 6.07) is 0. The predicted octanol–water partition coefficient (Wildman–Crippen LogP) is 1.93. The molecule has 2 rings (SSSR count). The standard InChI is InChI=1S/C12H18N2O3S/c1-12(17-3)5-4-6-14(8-12)11-13-9(7-18-11)10(15)16-2/h7H,4-6,8H2,1-3H3. The first-order valence-electron chi connectivity index (χ1n) is 5.92. The normalized spacial score (nSPS) is 24.1. The molecule has 1 saturated heterocycles. The number of piperidine rings is 1. The van der Waals surface area contributed by atoms with Crippen LogP contribution in [0.5, 0.6) is 0 Å². The lowest BCUT2D eigenvalue weighted by molar-refractivity contribution is -0.00466. The van der Waals surface area contributed by atoms with E-state index in [4.69, 9.17) is 4.74 Å². The first kappa shape index (κ1) is 13.3. The minimum Gasteiger partial charge on any atom is -0.464 e. The van der Waals surface area contributed by atoms with Crippen LogP contribution in [0.15, 0.2) is 5.38 Å². The molecule has 0 N–H and O–H groups in total. The Morgan fingerprint density at radius 3 is 3.00 bits per heavy atom. The predicted molar refractivity (Wildman–Crippen MR) is 70.3 cm³/mol. The van der Waals surface area contributed by atoms with Crippen molar-refractivity contribution in [2.75, 3.05) is 32.2 Å². The highest BCUT2D eigenvalue weighted by molar-refractivity contribution is 7.13. The number of carbonyl (C=O) groups is 1. The van der Waals surface area contributed by atoms with Gasteiger partial charge in [-0.15, -0.1) is 11.3 Å². The lowest BCUT2D eigenvalue weighted by Crippen LogP contribution is -2.47. The molecule has 1 aromatic heterocycles. The zero-order valence-corrected chi connectivity index (χ0v) is 11.7. The molecular formula is C12H18N2O3S. The summed E-state index contributed by atoms with van der Waals surface area (Å²) in [5.41, 5.74) is 0.247. The molecule has 0 saturated carbocycles. The lowest BCUT2D eigenvalue weighted by atomic mass is 9.95. The molecule has 1 aromatic rings. The van der Waals surface area contributed by atoms with Crippen molar-refractivity contribution in [2.45, 2.75) is 25.4 Å². The number of aromatic nitrogens is 1. The van der Waals surface area contributed by atoms with Gasteiger partial charge in [0.1, 0.15) is 0 Å². The molecule has 6 heteroatoms. The molecule has 5 nitrogen and oxygen atoms in total. The number of rotatable bonds is 3. The smallest absolute Gasteiger partial charge is 0.357 e. The van der Waals surface area contributed by atoms with Gasteiger partial charge >= 0.3 is 5.97 Å². The van der Waals surface area contributed by atoms with Gasteiger partial charge in [0.2, 0.25) is 0 Å². The third-order valence-electron chi connectivity index (χ3n) is 3.31. The summed E-state index contributed by atoms with van der Waals surface area (Å²) in [4.78, 5) is 17.9. The largest absolute Gasteiger partial charge is 0.464 e. The maximum Gasteiger partial charge on any atom is 0.357 e. The van der Waals surface area contributed by atoms with Crippen molar-refractivity contribution in [1.82, 2.24) is 4.98 Å². The second kappa shape index (κ2) is 5.24. The SMILES string of the molecule is COC(=O)c1csc(N2CCCC(C)(OC)C2)n1. The summed E-state index contributed by atoms with van der Waals surface area (Å²) >= 11 is 1.47. The molecule has 1 atom stereocenters. The highest BCUT2D eigenvalue weighted by Crippen LogP contribution is 2.30. The second-order valence-electron chi connectivity index (χ2n) is 4.69. The average Bonchev–Trinajstić information content (AvgIpc) is 2.87. The van der Waals surface area contributed by atoms with Crippen LogP contribution in [0.1, 0.15) is 30.3 Å². The van der Waals surface area contributed by atoms with Crippen molar-refractivity contribution < 1.29 is 14.3 Å². The number of thiazole rings is 1. The van der Waals surface area contributed by atoms with Crippen molar-refractivity contribution in [3.63, 3.8) is 0 Å². The highest BCUT2D eigenvalue weighted by Gasteiger charge is 2.32. The molecule has 0 radical (unpaired) electrons. The highest BCUT2D eigenvalue weighted by atomic mass is 32.1. The molecule has 1 aliphatic rings. The van der Waals surface area contributed by atoms with Crippen LogP contribution in [0.25, 0.3) is 0 Å². The minimum absolute atomic E-state index is 0.130. The molecular weight excluding hydrogens is 252 g/mol. The molecule has 0 amide bonds. The van der Waals surface area contributed by atoms with Crippen LogP contribution in [0, 0.1) is 0 Å². The van der Waals surface area contributed by atoms with E-state index in [0.717, 1.165) is 31.1 Å². The van der Waals surface area contributed by atoms with Crippen LogP contribution in [0.3, 0.4) is 0 Å². The Hall–Kier alpha value is -1.14. The third kappa shape index (κ3) is 2.64. The molecule has 1 unspecified atom stereocenters. The summed E-state index contributed by atoms with van der Waals surface area (Å²) in [6.07, 6.45) is 2.12. The van der Waals surface area contributed by atoms with Gasteiger partial charge in [-0.1, -0.05) is 0 Å². The quantitative estimate of drug-likeness (QED) is 0.786. The molecule has 18 heavy (non-hydrogen) atoms. The summed E-state index contributed by atoms with van der Waals surface area (Å²) in [6.45, 7) is 3.86. The first-order valence-corrected chi connectivity index (χ1v) is 6.80. The fourth-order valence-corrected chi connectivity index (χ4v) is 2.97. The van der Waals surface area contributed by atoms with Gasteiger partial charge in [0.15, 0.2) is 10.8 Å². The van der Waals surface area contributed by atoms with E-state index in [1.807, 2.05) is 0 Å². The molecule has 2 heterocycles. The molecule has 0 spiro atoms. The van der Waals surface area contributed by atoms with Crippen molar-refractivity contribution in [3.05, 3.63) is 11.1 Å². The van der Waals surface area contributed by atoms with Gasteiger partial charge in [-0.25, -0.2) is 9.78 Å². The molecule has 100 valence electrons. The summed E-state index contributed by atoms with van der Waals surface area (Å²) < 4.78 is 10.2. The average molecular weight is 270 g/mol. The number of carbonyl (C=O) groups excluding carboxylic acids is 1. The Morgan fingerprint density at radius 2 is 2.33 bits per heavy atom. The van der Waals surface area contributed by atoms with E-state index in [9.17, 15) is 4.79 Å². The van der Waals surface area contributed by atoms with Gasteiger partial charge in [-0.05, 0) is 19.8 Å². The maximum absolute atomic E-state index is 11.4. The van der Waals surface area contributed by atoms with E-state index in [0.29, 0.717) is 5.69 Å².